The van der Waals surface area contributed by atoms with Gasteiger partial charge in [0.25, 0.3) is 0 Å². The first-order valence-electron chi connectivity index (χ1n) is 6.23. The summed E-state index contributed by atoms with van der Waals surface area (Å²) in [6.45, 7) is 4.01. The number of hydrogen-bond donors (Lipinski definition) is 2. The Morgan fingerprint density at radius 2 is 2.05 bits per heavy atom. The highest BCUT2D eigenvalue weighted by Gasteiger charge is 2.32. The van der Waals surface area contributed by atoms with Gasteiger partial charge in [0.2, 0.25) is 11.9 Å². The summed E-state index contributed by atoms with van der Waals surface area (Å²) >= 11 is 0. The van der Waals surface area contributed by atoms with Crippen LogP contribution in [-0.4, -0.2) is 60.2 Å². The van der Waals surface area contributed by atoms with Crippen molar-refractivity contribution in [2.24, 2.45) is 11.8 Å². The predicted octanol–water partition coefficient (Wildman–Crippen LogP) is -0.448. The number of methoxy groups -OCH3 is 1. The number of ether oxygens (including phenoxy) is 1. The Morgan fingerprint density at radius 1 is 1.32 bits per heavy atom. The maximum absolute atomic E-state index is 5.36. The van der Waals surface area contributed by atoms with Crippen LogP contribution in [0.1, 0.15) is 6.92 Å². The average molecular weight is 267 g/mol. The predicted molar refractivity (Wildman–Crippen MR) is 73.0 cm³/mol. The minimum atomic E-state index is 0.263. The topological polar surface area (TPSA) is 92.4 Å². The van der Waals surface area contributed by atoms with Crippen LogP contribution < -0.4 is 20.9 Å². The molecule has 0 aromatic carbocycles. The second-order valence-corrected chi connectivity index (χ2v) is 5.00. The molecule has 0 aliphatic carbocycles. The van der Waals surface area contributed by atoms with E-state index >= 15 is 0 Å². The number of nitrogens with zero attached hydrogens (tertiary/aromatic N) is 5. The smallest absolute Gasteiger partial charge is 0.322 e. The zero-order valence-corrected chi connectivity index (χ0v) is 11.8. The lowest BCUT2D eigenvalue weighted by molar-refractivity contribution is 0.266. The molecule has 0 bridgehead atoms. The van der Waals surface area contributed by atoms with Crippen LogP contribution in [0.25, 0.3) is 0 Å². The Labute approximate surface area is 112 Å². The first-order valence-corrected chi connectivity index (χ1v) is 6.23. The minimum absolute atomic E-state index is 0.263. The van der Waals surface area contributed by atoms with E-state index in [1.807, 2.05) is 0 Å². The van der Waals surface area contributed by atoms with Crippen LogP contribution in [0.3, 0.4) is 0 Å². The second-order valence-electron chi connectivity index (χ2n) is 5.00. The Kier molecular flexibility index (Phi) is 4.01. The van der Waals surface area contributed by atoms with Crippen LogP contribution in [0.2, 0.25) is 0 Å². The molecule has 2 rings (SSSR count). The molecule has 8 nitrogen and oxygen atoms in total. The molecular formula is C11H21N7O. The van der Waals surface area contributed by atoms with Gasteiger partial charge in [-0.25, -0.2) is 5.84 Å². The number of aromatic nitrogens is 3. The molecule has 0 saturated carbocycles. The molecule has 3 N–H and O–H groups in total. The number of likely N-dealkylation sites (N-methyl/N-ethyl adjacent to an activating group) is 1. The summed E-state index contributed by atoms with van der Waals surface area (Å²) in [4.78, 5) is 16.9. The van der Waals surface area contributed by atoms with E-state index in [0.29, 0.717) is 23.9 Å². The first kappa shape index (κ1) is 13.8. The fourth-order valence-electron chi connectivity index (χ4n) is 2.43. The highest BCUT2D eigenvalue weighted by Crippen LogP contribution is 2.24. The molecular weight excluding hydrogens is 246 g/mol. The van der Waals surface area contributed by atoms with Crippen LogP contribution in [0.15, 0.2) is 0 Å². The largest absolute Gasteiger partial charge is 0.467 e. The van der Waals surface area contributed by atoms with Gasteiger partial charge in [0.1, 0.15) is 0 Å². The Balaban J connectivity index is 2.23. The van der Waals surface area contributed by atoms with E-state index < -0.39 is 0 Å². The van der Waals surface area contributed by atoms with Crippen molar-refractivity contribution in [3.05, 3.63) is 0 Å². The van der Waals surface area contributed by atoms with Gasteiger partial charge in [-0.3, -0.25) is 5.43 Å². The van der Waals surface area contributed by atoms with Gasteiger partial charge in [0, 0.05) is 19.1 Å². The number of rotatable bonds is 4. The molecule has 19 heavy (non-hydrogen) atoms. The van der Waals surface area contributed by atoms with Crippen molar-refractivity contribution in [2.75, 3.05) is 44.6 Å². The van der Waals surface area contributed by atoms with E-state index in [9.17, 15) is 0 Å². The molecule has 1 fully saturated rings. The van der Waals surface area contributed by atoms with Crippen molar-refractivity contribution in [1.29, 1.82) is 0 Å². The molecule has 1 aliphatic heterocycles. The first-order chi connectivity index (χ1) is 9.05. The quantitative estimate of drug-likeness (QED) is 0.560. The third-order valence-electron chi connectivity index (χ3n) is 3.43. The molecule has 2 heterocycles. The number of nitrogens with two attached hydrogens (primary N) is 1. The molecule has 1 aliphatic rings. The lowest BCUT2D eigenvalue weighted by atomic mass is 10.1. The highest BCUT2D eigenvalue weighted by molar-refractivity contribution is 5.39. The fourth-order valence-corrected chi connectivity index (χ4v) is 2.43. The number of anilines is 2. The molecule has 0 amide bonds. The summed E-state index contributed by atoms with van der Waals surface area (Å²) < 4.78 is 5.06. The zero-order chi connectivity index (χ0) is 14.0. The Bertz CT molecular complexity index is 417. The van der Waals surface area contributed by atoms with E-state index in [0.717, 1.165) is 13.1 Å². The zero-order valence-electron chi connectivity index (χ0n) is 11.8. The van der Waals surface area contributed by atoms with E-state index in [-0.39, 0.29) is 6.01 Å². The van der Waals surface area contributed by atoms with E-state index in [1.165, 1.54) is 7.11 Å². The standard InChI is InChI=1S/C11H21N7O/c1-7-5-18(6-8(7)17(2)3)10-13-9(16-12)14-11(15-10)19-4/h7-8H,5-6,12H2,1-4H3,(H,13,14,15,16). The third-order valence-corrected chi connectivity index (χ3v) is 3.43. The van der Waals surface area contributed by atoms with Crippen LogP contribution in [0.4, 0.5) is 11.9 Å². The molecule has 0 radical (unpaired) electrons. The number of nitrogen functional groups attached to an aromatic ring is 1. The molecule has 1 aromatic heterocycles. The van der Waals surface area contributed by atoms with Gasteiger partial charge in [-0.05, 0) is 20.0 Å². The van der Waals surface area contributed by atoms with Crippen molar-refractivity contribution in [3.8, 4) is 6.01 Å². The summed E-state index contributed by atoms with van der Waals surface area (Å²) in [5.41, 5.74) is 2.43. The van der Waals surface area contributed by atoms with Crippen LogP contribution >= 0.6 is 0 Å². The molecule has 1 saturated heterocycles. The van der Waals surface area contributed by atoms with Gasteiger partial charge in [0.15, 0.2) is 0 Å². The van der Waals surface area contributed by atoms with Crippen molar-refractivity contribution >= 4 is 11.9 Å². The van der Waals surface area contributed by atoms with Gasteiger partial charge < -0.3 is 14.5 Å². The summed E-state index contributed by atoms with van der Waals surface area (Å²) in [7, 11) is 5.70. The van der Waals surface area contributed by atoms with Crippen LogP contribution in [0, 0.1) is 5.92 Å². The van der Waals surface area contributed by atoms with E-state index in [4.69, 9.17) is 10.6 Å². The summed E-state index contributed by atoms with van der Waals surface area (Å²) in [6, 6.07) is 0.746. The fraction of sp³-hybridized carbons (Fsp3) is 0.727. The average Bonchev–Trinajstić information content (AvgIpc) is 2.80. The van der Waals surface area contributed by atoms with Gasteiger partial charge in [0.05, 0.1) is 7.11 Å². The second kappa shape index (κ2) is 5.54. The maximum Gasteiger partial charge on any atom is 0.322 e. The van der Waals surface area contributed by atoms with Crippen molar-refractivity contribution in [3.63, 3.8) is 0 Å². The maximum atomic E-state index is 5.36. The monoisotopic (exact) mass is 267 g/mol. The van der Waals surface area contributed by atoms with E-state index in [1.54, 1.807) is 0 Å². The molecule has 8 heteroatoms. The van der Waals surface area contributed by atoms with Gasteiger partial charge in [-0.1, -0.05) is 6.92 Å². The third kappa shape index (κ3) is 2.85. The van der Waals surface area contributed by atoms with Crippen molar-refractivity contribution in [2.45, 2.75) is 13.0 Å². The Hall–Kier alpha value is -1.67. The molecule has 1 aromatic rings. The number of hydrazine groups is 1. The Morgan fingerprint density at radius 3 is 2.58 bits per heavy atom. The van der Waals surface area contributed by atoms with Crippen LogP contribution in [0.5, 0.6) is 6.01 Å². The van der Waals surface area contributed by atoms with E-state index in [2.05, 4.69) is 51.2 Å². The summed E-state index contributed by atoms with van der Waals surface area (Å²) in [5.74, 6) is 6.81. The number of nitrogens with one attached hydrogen (secondary N) is 1. The molecule has 2 unspecified atom stereocenters. The summed E-state index contributed by atoms with van der Waals surface area (Å²) in [5, 5.41) is 0. The number of hydrogen-bond acceptors (Lipinski definition) is 8. The molecule has 106 valence electrons. The molecule has 0 spiro atoms. The summed E-state index contributed by atoms with van der Waals surface area (Å²) in [6.07, 6.45) is 0. The van der Waals surface area contributed by atoms with Crippen molar-refractivity contribution < 1.29 is 4.74 Å². The van der Waals surface area contributed by atoms with Crippen LogP contribution in [-0.2, 0) is 0 Å². The normalized spacial score (nSPS) is 22.9. The van der Waals surface area contributed by atoms with Gasteiger partial charge in [-0.2, -0.15) is 15.0 Å². The van der Waals surface area contributed by atoms with Gasteiger partial charge >= 0.3 is 6.01 Å². The minimum Gasteiger partial charge on any atom is -0.467 e. The highest BCUT2D eigenvalue weighted by atomic mass is 16.5. The SMILES string of the molecule is COc1nc(NN)nc(N2CC(C)C(N(C)C)C2)n1. The van der Waals surface area contributed by atoms with Crippen molar-refractivity contribution in [1.82, 2.24) is 19.9 Å². The lowest BCUT2D eigenvalue weighted by Gasteiger charge is -2.22. The molecule has 2 atom stereocenters. The van der Waals surface area contributed by atoms with Gasteiger partial charge in [-0.15, -0.1) is 0 Å². The lowest BCUT2D eigenvalue weighted by Crippen LogP contribution is -2.34.